The molecule has 0 fully saturated rings. The van der Waals surface area contributed by atoms with E-state index in [0.717, 1.165) is 18.2 Å². The van der Waals surface area contributed by atoms with Crippen LogP contribution in [0.1, 0.15) is 31.8 Å². The van der Waals surface area contributed by atoms with E-state index in [1.54, 1.807) is 24.3 Å². The molecule has 3 rings (SSSR count). The molecule has 3 aromatic rings. The number of hydrogen-bond acceptors (Lipinski definition) is 4. The summed E-state index contributed by atoms with van der Waals surface area (Å²) >= 11 is 0. The molecule has 7 nitrogen and oxygen atoms in total. The van der Waals surface area contributed by atoms with E-state index in [9.17, 15) is 31.2 Å². The number of carbonyl (C=O) groups is 2. The molecule has 34 heavy (non-hydrogen) atoms. The molecule has 0 aromatic heterocycles. The normalized spacial score (nSPS) is 11.5. The van der Waals surface area contributed by atoms with Gasteiger partial charge in [-0.25, -0.2) is 8.42 Å². The van der Waals surface area contributed by atoms with Gasteiger partial charge in [0.2, 0.25) is 0 Å². The van der Waals surface area contributed by atoms with Crippen LogP contribution in [0.3, 0.4) is 0 Å². The van der Waals surface area contributed by atoms with E-state index >= 15 is 0 Å². The average Bonchev–Trinajstić information content (AvgIpc) is 2.81. The van der Waals surface area contributed by atoms with E-state index in [1.165, 1.54) is 31.3 Å². The molecule has 3 aromatic carbocycles. The molecule has 0 aliphatic carbocycles. The highest BCUT2D eigenvalue weighted by Gasteiger charge is 2.30. The quantitative estimate of drug-likeness (QED) is 0.468. The predicted molar refractivity (Wildman–Crippen MR) is 120 cm³/mol. The number of halogens is 3. The van der Waals surface area contributed by atoms with Crippen LogP contribution in [0.15, 0.2) is 77.7 Å². The molecule has 0 aliphatic rings. The standard InChI is InChI=1S/C23H20F3N3O4S/c1-27-21(30)16-6-2-5-15(11-16)14-28-22(31)17-7-3-10-20(12-17)34(32,33)29-19-9-4-8-18(13-19)23(24,25)26/h2-13,29H,14H2,1H3,(H,27,30)(H,28,31). The van der Waals surface area contributed by atoms with E-state index in [-0.39, 0.29) is 28.6 Å². The molecule has 0 heterocycles. The molecule has 11 heteroatoms. The predicted octanol–water partition coefficient (Wildman–Crippen LogP) is 3.80. The lowest BCUT2D eigenvalue weighted by Crippen LogP contribution is -2.24. The first kappa shape index (κ1) is 24.8. The van der Waals surface area contributed by atoms with E-state index in [1.807, 2.05) is 0 Å². The summed E-state index contributed by atoms with van der Waals surface area (Å²) in [5, 5.41) is 5.14. The number of anilines is 1. The molecule has 0 bridgehead atoms. The summed E-state index contributed by atoms with van der Waals surface area (Å²) in [6.45, 7) is 0.0864. The molecule has 0 saturated carbocycles. The van der Waals surface area contributed by atoms with Gasteiger partial charge in [0.25, 0.3) is 21.8 Å². The smallest absolute Gasteiger partial charge is 0.355 e. The molecule has 0 unspecified atom stereocenters. The van der Waals surface area contributed by atoms with Crippen LogP contribution in [0.2, 0.25) is 0 Å². The first-order valence-corrected chi connectivity index (χ1v) is 11.4. The summed E-state index contributed by atoms with van der Waals surface area (Å²) < 4.78 is 66.2. The molecule has 0 saturated heterocycles. The fraction of sp³-hybridized carbons (Fsp3) is 0.130. The Balaban J connectivity index is 1.74. The van der Waals surface area contributed by atoms with Crippen molar-refractivity contribution in [2.75, 3.05) is 11.8 Å². The van der Waals surface area contributed by atoms with Crippen LogP contribution in [-0.2, 0) is 22.7 Å². The second kappa shape index (κ2) is 9.96. The second-order valence-corrected chi connectivity index (χ2v) is 8.86. The Morgan fingerprint density at radius 1 is 0.853 bits per heavy atom. The summed E-state index contributed by atoms with van der Waals surface area (Å²) in [5.41, 5.74) is -0.149. The van der Waals surface area contributed by atoms with Crippen LogP contribution in [0.4, 0.5) is 18.9 Å². The van der Waals surface area contributed by atoms with Gasteiger partial charge in [0.15, 0.2) is 0 Å². The summed E-state index contributed by atoms with van der Waals surface area (Å²) in [6, 6.07) is 15.5. The minimum absolute atomic E-state index is 0.0365. The van der Waals surface area contributed by atoms with Gasteiger partial charge in [-0.3, -0.25) is 14.3 Å². The molecule has 3 N–H and O–H groups in total. The Kier molecular flexibility index (Phi) is 7.26. The van der Waals surface area contributed by atoms with Gasteiger partial charge in [0, 0.05) is 30.4 Å². The van der Waals surface area contributed by atoms with Crippen molar-refractivity contribution in [3.05, 3.63) is 95.1 Å². The van der Waals surface area contributed by atoms with Crippen molar-refractivity contribution in [1.29, 1.82) is 0 Å². The summed E-state index contributed by atoms with van der Waals surface area (Å²) in [4.78, 5) is 24.0. The molecule has 0 radical (unpaired) electrons. The van der Waals surface area contributed by atoms with E-state index < -0.39 is 27.7 Å². The summed E-state index contributed by atoms with van der Waals surface area (Å²) in [6.07, 6.45) is -4.63. The molecule has 0 aliphatic heterocycles. The van der Waals surface area contributed by atoms with Crippen molar-refractivity contribution in [1.82, 2.24) is 10.6 Å². The van der Waals surface area contributed by atoms with Gasteiger partial charge in [-0.15, -0.1) is 0 Å². The Morgan fingerprint density at radius 3 is 2.18 bits per heavy atom. The number of sulfonamides is 1. The van der Waals surface area contributed by atoms with Gasteiger partial charge < -0.3 is 10.6 Å². The van der Waals surface area contributed by atoms with E-state index in [2.05, 4.69) is 15.4 Å². The summed E-state index contributed by atoms with van der Waals surface area (Å²) in [5.74, 6) is -0.846. The zero-order chi connectivity index (χ0) is 24.9. The fourth-order valence-electron chi connectivity index (χ4n) is 3.03. The molecule has 178 valence electrons. The van der Waals surface area contributed by atoms with Crippen molar-refractivity contribution in [3.8, 4) is 0 Å². The maximum atomic E-state index is 12.9. The molecule has 2 amide bonds. The van der Waals surface area contributed by atoms with Crippen LogP contribution in [-0.4, -0.2) is 27.3 Å². The van der Waals surface area contributed by atoms with Gasteiger partial charge in [0.05, 0.1) is 10.5 Å². The average molecular weight is 491 g/mol. The third-order valence-electron chi connectivity index (χ3n) is 4.72. The van der Waals surface area contributed by atoms with E-state index in [4.69, 9.17) is 0 Å². The number of nitrogens with one attached hydrogen (secondary N) is 3. The van der Waals surface area contributed by atoms with Crippen LogP contribution >= 0.6 is 0 Å². The number of amides is 2. The first-order valence-electron chi connectivity index (χ1n) is 9.89. The highest BCUT2D eigenvalue weighted by molar-refractivity contribution is 7.92. The van der Waals surface area contributed by atoms with Crippen LogP contribution in [0.5, 0.6) is 0 Å². The first-order chi connectivity index (χ1) is 16.0. The minimum atomic E-state index is -4.63. The topological polar surface area (TPSA) is 104 Å². The van der Waals surface area contributed by atoms with Crippen molar-refractivity contribution in [3.63, 3.8) is 0 Å². The lowest BCUT2D eigenvalue weighted by Gasteiger charge is -2.12. The Hall–Kier alpha value is -3.86. The SMILES string of the molecule is CNC(=O)c1cccc(CNC(=O)c2cccc(S(=O)(=O)Nc3cccc(C(F)(F)F)c3)c2)c1. The monoisotopic (exact) mass is 491 g/mol. The number of alkyl halides is 3. The Morgan fingerprint density at radius 2 is 1.50 bits per heavy atom. The van der Waals surface area contributed by atoms with Gasteiger partial charge in [-0.05, 0) is 54.1 Å². The number of rotatable bonds is 7. The second-order valence-electron chi connectivity index (χ2n) is 7.17. The van der Waals surface area contributed by atoms with Crippen LogP contribution in [0, 0.1) is 0 Å². The molecule has 0 spiro atoms. The fourth-order valence-corrected chi connectivity index (χ4v) is 4.12. The van der Waals surface area contributed by atoms with Crippen molar-refractivity contribution in [2.24, 2.45) is 0 Å². The third kappa shape index (κ3) is 6.13. The Bertz CT molecular complexity index is 1320. The lowest BCUT2D eigenvalue weighted by molar-refractivity contribution is -0.137. The maximum absolute atomic E-state index is 12.9. The van der Waals surface area contributed by atoms with Gasteiger partial charge in [-0.2, -0.15) is 13.2 Å². The van der Waals surface area contributed by atoms with Crippen molar-refractivity contribution < 1.29 is 31.2 Å². The van der Waals surface area contributed by atoms with Crippen LogP contribution in [0.25, 0.3) is 0 Å². The summed E-state index contributed by atoms with van der Waals surface area (Å²) in [7, 11) is -2.76. The zero-order valence-corrected chi connectivity index (χ0v) is 18.6. The zero-order valence-electron chi connectivity index (χ0n) is 17.8. The van der Waals surface area contributed by atoms with Crippen LogP contribution < -0.4 is 15.4 Å². The third-order valence-corrected chi connectivity index (χ3v) is 6.10. The molecular weight excluding hydrogens is 471 g/mol. The number of benzene rings is 3. The van der Waals surface area contributed by atoms with Gasteiger partial charge >= 0.3 is 6.18 Å². The van der Waals surface area contributed by atoms with Gasteiger partial charge in [0.1, 0.15) is 0 Å². The maximum Gasteiger partial charge on any atom is 0.416 e. The van der Waals surface area contributed by atoms with E-state index in [0.29, 0.717) is 17.2 Å². The molecular formula is C23H20F3N3O4S. The number of hydrogen-bond donors (Lipinski definition) is 3. The van der Waals surface area contributed by atoms with Crippen molar-refractivity contribution in [2.45, 2.75) is 17.6 Å². The minimum Gasteiger partial charge on any atom is -0.355 e. The molecule has 0 atom stereocenters. The lowest BCUT2D eigenvalue weighted by atomic mass is 10.1. The van der Waals surface area contributed by atoms with Crippen molar-refractivity contribution >= 4 is 27.5 Å². The largest absolute Gasteiger partial charge is 0.416 e. The highest BCUT2D eigenvalue weighted by atomic mass is 32.2. The Labute approximate surface area is 194 Å². The number of carbonyl (C=O) groups excluding carboxylic acids is 2. The highest BCUT2D eigenvalue weighted by Crippen LogP contribution is 2.31. The van der Waals surface area contributed by atoms with Gasteiger partial charge in [-0.1, -0.05) is 24.3 Å².